The number of benzene rings is 1. The number of carbonyl (C=O) groups excluding carboxylic acids is 1. The van der Waals surface area contributed by atoms with Gasteiger partial charge in [-0.25, -0.2) is 0 Å². The molecule has 5 nitrogen and oxygen atoms in total. The summed E-state index contributed by atoms with van der Waals surface area (Å²) in [5.41, 5.74) is 2.43. The number of rotatable bonds is 3. The summed E-state index contributed by atoms with van der Waals surface area (Å²) in [4.78, 5) is 21.1. The van der Waals surface area contributed by atoms with E-state index in [9.17, 15) is 4.79 Å². The first-order valence-corrected chi connectivity index (χ1v) is 7.32. The number of aryl methyl sites for hydroxylation is 1. The standard InChI is InChI=1S/C17H14ClN3O2/c1-10-13(7-11-9-19-6-5-14(11)20-10)17(22)21-15-8-12(18)3-4-16(15)23-2/h3-9H,1-2H3,(H,21,22). The summed E-state index contributed by atoms with van der Waals surface area (Å²) in [6, 6.07) is 8.63. The number of nitrogens with one attached hydrogen (secondary N) is 1. The van der Waals surface area contributed by atoms with Crippen LogP contribution in [-0.2, 0) is 0 Å². The molecule has 0 aliphatic heterocycles. The maximum Gasteiger partial charge on any atom is 0.257 e. The van der Waals surface area contributed by atoms with Gasteiger partial charge in [-0.05, 0) is 37.3 Å². The molecule has 0 fully saturated rings. The van der Waals surface area contributed by atoms with Crippen LogP contribution in [0.2, 0.25) is 5.02 Å². The maximum atomic E-state index is 12.6. The van der Waals surface area contributed by atoms with Crippen molar-refractivity contribution in [3.05, 3.63) is 59.0 Å². The molecule has 0 aliphatic rings. The minimum absolute atomic E-state index is 0.277. The quantitative estimate of drug-likeness (QED) is 0.793. The molecule has 2 heterocycles. The largest absolute Gasteiger partial charge is 0.495 e. The van der Waals surface area contributed by atoms with Gasteiger partial charge in [-0.2, -0.15) is 0 Å². The molecule has 23 heavy (non-hydrogen) atoms. The van der Waals surface area contributed by atoms with Gasteiger partial charge in [-0.1, -0.05) is 11.6 Å². The molecule has 2 aromatic heterocycles. The molecule has 3 rings (SSSR count). The normalized spacial score (nSPS) is 10.6. The van der Waals surface area contributed by atoms with E-state index in [0.717, 1.165) is 10.9 Å². The molecule has 1 aromatic carbocycles. The van der Waals surface area contributed by atoms with Gasteiger partial charge >= 0.3 is 0 Å². The van der Waals surface area contributed by atoms with E-state index in [4.69, 9.17) is 16.3 Å². The third kappa shape index (κ3) is 3.10. The zero-order chi connectivity index (χ0) is 16.4. The molecule has 116 valence electrons. The molecule has 3 aromatic rings. The van der Waals surface area contributed by atoms with Crippen molar-refractivity contribution in [3.8, 4) is 5.75 Å². The molecule has 1 N–H and O–H groups in total. The van der Waals surface area contributed by atoms with E-state index in [1.54, 1.807) is 43.6 Å². The van der Waals surface area contributed by atoms with Crippen LogP contribution in [0.5, 0.6) is 5.75 Å². The van der Waals surface area contributed by atoms with Crippen molar-refractivity contribution >= 4 is 34.1 Å². The Bertz CT molecular complexity index is 896. The van der Waals surface area contributed by atoms with E-state index in [-0.39, 0.29) is 5.91 Å². The van der Waals surface area contributed by atoms with Crippen LogP contribution in [0.15, 0.2) is 42.7 Å². The number of fused-ring (bicyclic) bond motifs is 1. The number of halogens is 1. The minimum Gasteiger partial charge on any atom is -0.495 e. The highest BCUT2D eigenvalue weighted by Crippen LogP contribution is 2.28. The van der Waals surface area contributed by atoms with Crippen molar-refractivity contribution < 1.29 is 9.53 Å². The first kappa shape index (κ1) is 15.2. The number of ether oxygens (including phenoxy) is 1. The second kappa shape index (κ2) is 6.22. The molecule has 0 radical (unpaired) electrons. The smallest absolute Gasteiger partial charge is 0.257 e. The SMILES string of the molecule is COc1ccc(Cl)cc1NC(=O)c1cc2cnccc2nc1C. The van der Waals surface area contributed by atoms with E-state index in [1.165, 1.54) is 7.11 Å². The fourth-order valence-corrected chi connectivity index (χ4v) is 2.48. The molecule has 6 heteroatoms. The first-order valence-electron chi connectivity index (χ1n) is 6.95. The van der Waals surface area contributed by atoms with Gasteiger partial charge in [0.1, 0.15) is 5.75 Å². The average molecular weight is 328 g/mol. The van der Waals surface area contributed by atoms with Crippen molar-refractivity contribution in [2.24, 2.45) is 0 Å². The number of anilines is 1. The third-order valence-corrected chi connectivity index (χ3v) is 3.70. The molecule has 1 amide bonds. The van der Waals surface area contributed by atoms with Gasteiger partial charge in [0, 0.05) is 22.8 Å². The molecule has 0 saturated heterocycles. The van der Waals surface area contributed by atoms with Gasteiger partial charge < -0.3 is 10.1 Å². The van der Waals surface area contributed by atoms with Crippen LogP contribution in [0.4, 0.5) is 5.69 Å². The van der Waals surface area contributed by atoms with Crippen molar-refractivity contribution in [3.63, 3.8) is 0 Å². The predicted molar refractivity (Wildman–Crippen MR) is 90.2 cm³/mol. The Morgan fingerprint density at radius 3 is 2.87 bits per heavy atom. The van der Waals surface area contributed by atoms with Crippen molar-refractivity contribution in [1.29, 1.82) is 0 Å². The number of aromatic nitrogens is 2. The van der Waals surface area contributed by atoms with Gasteiger partial charge in [0.05, 0.1) is 29.6 Å². The van der Waals surface area contributed by atoms with Gasteiger partial charge in [-0.3, -0.25) is 14.8 Å². The fraction of sp³-hybridized carbons (Fsp3) is 0.118. The van der Waals surface area contributed by atoms with Crippen LogP contribution in [-0.4, -0.2) is 23.0 Å². The van der Waals surface area contributed by atoms with E-state index >= 15 is 0 Å². The fourth-order valence-electron chi connectivity index (χ4n) is 2.31. The topological polar surface area (TPSA) is 64.1 Å². The highest BCUT2D eigenvalue weighted by molar-refractivity contribution is 6.31. The van der Waals surface area contributed by atoms with E-state index < -0.39 is 0 Å². The Morgan fingerprint density at radius 2 is 2.09 bits per heavy atom. The lowest BCUT2D eigenvalue weighted by molar-refractivity contribution is 0.102. The summed E-state index contributed by atoms with van der Waals surface area (Å²) in [7, 11) is 1.54. The van der Waals surface area contributed by atoms with E-state index in [2.05, 4.69) is 15.3 Å². The zero-order valence-electron chi connectivity index (χ0n) is 12.6. The van der Waals surface area contributed by atoms with E-state index in [1.807, 2.05) is 6.07 Å². The Labute approximate surface area is 138 Å². The zero-order valence-corrected chi connectivity index (χ0v) is 13.4. The number of methoxy groups -OCH3 is 1. The molecule has 0 unspecified atom stereocenters. The summed E-state index contributed by atoms with van der Waals surface area (Å²) < 4.78 is 5.24. The molecule has 0 bridgehead atoms. The Hall–Kier alpha value is -2.66. The van der Waals surface area contributed by atoms with Crippen LogP contribution in [0.1, 0.15) is 16.1 Å². The lowest BCUT2D eigenvalue weighted by Gasteiger charge is -2.12. The van der Waals surface area contributed by atoms with E-state index in [0.29, 0.717) is 27.7 Å². The molecule has 0 spiro atoms. The Balaban J connectivity index is 1.98. The summed E-state index contributed by atoms with van der Waals surface area (Å²) >= 11 is 5.99. The molecular weight excluding hydrogens is 314 g/mol. The molecular formula is C17H14ClN3O2. The number of hydrogen-bond donors (Lipinski definition) is 1. The van der Waals surface area contributed by atoms with Gasteiger partial charge in [0.25, 0.3) is 5.91 Å². The maximum absolute atomic E-state index is 12.6. The summed E-state index contributed by atoms with van der Waals surface area (Å²) in [5.74, 6) is 0.261. The monoisotopic (exact) mass is 327 g/mol. The van der Waals surface area contributed by atoms with Crippen molar-refractivity contribution in [2.45, 2.75) is 6.92 Å². The molecule has 0 aliphatic carbocycles. The third-order valence-electron chi connectivity index (χ3n) is 3.46. The lowest BCUT2D eigenvalue weighted by Crippen LogP contribution is -2.15. The van der Waals surface area contributed by atoms with Gasteiger partial charge in [-0.15, -0.1) is 0 Å². The minimum atomic E-state index is -0.277. The number of nitrogens with zero attached hydrogens (tertiary/aromatic N) is 2. The summed E-state index contributed by atoms with van der Waals surface area (Å²) in [6.45, 7) is 1.80. The van der Waals surface area contributed by atoms with Crippen LogP contribution in [0.3, 0.4) is 0 Å². The Kier molecular flexibility index (Phi) is 4.12. The lowest BCUT2D eigenvalue weighted by atomic mass is 10.1. The summed E-state index contributed by atoms with van der Waals surface area (Å²) in [6.07, 6.45) is 3.35. The van der Waals surface area contributed by atoms with Crippen molar-refractivity contribution in [2.75, 3.05) is 12.4 Å². The van der Waals surface area contributed by atoms with Crippen molar-refractivity contribution in [1.82, 2.24) is 9.97 Å². The van der Waals surface area contributed by atoms with Crippen LogP contribution in [0.25, 0.3) is 10.9 Å². The number of hydrogen-bond acceptors (Lipinski definition) is 4. The van der Waals surface area contributed by atoms with Crippen LogP contribution in [0, 0.1) is 6.92 Å². The number of amides is 1. The number of carbonyl (C=O) groups is 1. The van der Waals surface area contributed by atoms with Gasteiger partial charge in [0.15, 0.2) is 0 Å². The average Bonchev–Trinajstić information content (AvgIpc) is 2.54. The second-order valence-electron chi connectivity index (χ2n) is 4.99. The predicted octanol–water partition coefficient (Wildman–Crippen LogP) is 3.85. The highest BCUT2D eigenvalue weighted by atomic mass is 35.5. The molecule has 0 saturated carbocycles. The van der Waals surface area contributed by atoms with Gasteiger partial charge in [0.2, 0.25) is 0 Å². The van der Waals surface area contributed by atoms with Crippen LogP contribution >= 0.6 is 11.6 Å². The number of pyridine rings is 2. The van der Waals surface area contributed by atoms with Crippen LogP contribution < -0.4 is 10.1 Å². The second-order valence-corrected chi connectivity index (χ2v) is 5.42. The highest BCUT2D eigenvalue weighted by Gasteiger charge is 2.14. The molecule has 0 atom stereocenters. The Morgan fingerprint density at radius 1 is 1.26 bits per heavy atom. The first-order chi connectivity index (χ1) is 11.1. The summed E-state index contributed by atoms with van der Waals surface area (Å²) in [5, 5.41) is 4.13.